The standard InChI is InChI=1S/C22H20N4O3/c1-15(27)25-19-8-2-5-16(11-19)13-24-21(28)17-6-3-9-20(12-17)26-22(29)18-7-4-10-23-14-18/h2-12,14H,13H2,1H3,(H,24,28)(H,25,27)(H,26,29). The summed E-state index contributed by atoms with van der Waals surface area (Å²) in [6.07, 6.45) is 3.06. The van der Waals surface area contributed by atoms with Crippen LogP contribution >= 0.6 is 0 Å². The van der Waals surface area contributed by atoms with Crippen molar-refractivity contribution in [3.05, 3.63) is 89.7 Å². The van der Waals surface area contributed by atoms with E-state index in [4.69, 9.17) is 0 Å². The summed E-state index contributed by atoms with van der Waals surface area (Å²) in [7, 11) is 0. The van der Waals surface area contributed by atoms with E-state index in [1.807, 2.05) is 6.07 Å². The highest BCUT2D eigenvalue weighted by atomic mass is 16.2. The third-order valence-corrected chi connectivity index (χ3v) is 4.01. The second kappa shape index (κ2) is 9.27. The second-order valence-corrected chi connectivity index (χ2v) is 6.34. The molecule has 3 rings (SSSR count). The van der Waals surface area contributed by atoms with E-state index in [1.165, 1.54) is 13.1 Å². The lowest BCUT2D eigenvalue weighted by Gasteiger charge is -2.09. The third kappa shape index (κ3) is 5.74. The Bertz CT molecular complexity index is 1030. The molecule has 2 aromatic carbocycles. The van der Waals surface area contributed by atoms with Crippen LogP contribution in [0.15, 0.2) is 73.1 Å². The summed E-state index contributed by atoms with van der Waals surface area (Å²) in [5.74, 6) is -0.728. The van der Waals surface area contributed by atoms with Gasteiger partial charge in [-0.1, -0.05) is 18.2 Å². The van der Waals surface area contributed by atoms with Crippen molar-refractivity contribution in [1.82, 2.24) is 10.3 Å². The normalized spacial score (nSPS) is 10.1. The van der Waals surface area contributed by atoms with E-state index >= 15 is 0 Å². The summed E-state index contributed by atoms with van der Waals surface area (Å²) in [6, 6.07) is 17.3. The number of carbonyl (C=O) groups excluding carboxylic acids is 3. The molecular weight excluding hydrogens is 368 g/mol. The largest absolute Gasteiger partial charge is 0.348 e. The maximum Gasteiger partial charge on any atom is 0.257 e. The zero-order valence-electron chi connectivity index (χ0n) is 15.8. The first-order valence-electron chi connectivity index (χ1n) is 8.97. The number of nitrogens with one attached hydrogen (secondary N) is 3. The number of hydrogen-bond donors (Lipinski definition) is 3. The molecule has 0 radical (unpaired) electrons. The molecule has 0 aliphatic heterocycles. The van der Waals surface area contributed by atoms with Gasteiger partial charge in [-0.2, -0.15) is 0 Å². The Hall–Kier alpha value is -4.00. The van der Waals surface area contributed by atoms with Gasteiger partial charge in [0.1, 0.15) is 0 Å². The van der Waals surface area contributed by atoms with Gasteiger partial charge < -0.3 is 16.0 Å². The third-order valence-electron chi connectivity index (χ3n) is 4.01. The van der Waals surface area contributed by atoms with Crippen molar-refractivity contribution >= 4 is 29.1 Å². The summed E-state index contributed by atoms with van der Waals surface area (Å²) in [5.41, 5.74) is 2.89. The van der Waals surface area contributed by atoms with Gasteiger partial charge in [0.25, 0.3) is 11.8 Å². The smallest absolute Gasteiger partial charge is 0.257 e. The predicted molar refractivity (Wildman–Crippen MR) is 111 cm³/mol. The first kappa shape index (κ1) is 19.8. The van der Waals surface area contributed by atoms with Crippen LogP contribution in [0, 0.1) is 0 Å². The zero-order chi connectivity index (χ0) is 20.6. The molecule has 1 aromatic heterocycles. The van der Waals surface area contributed by atoms with E-state index in [2.05, 4.69) is 20.9 Å². The van der Waals surface area contributed by atoms with Crippen molar-refractivity contribution in [2.24, 2.45) is 0 Å². The van der Waals surface area contributed by atoms with E-state index in [0.717, 1.165) is 5.56 Å². The van der Waals surface area contributed by atoms with Crippen molar-refractivity contribution < 1.29 is 14.4 Å². The topological polar surface area (TPSA) is 100 Å². The molecule has 3 amide bonds. The molecule has 1 heterocycles. The Morgan fingerprint density at radius 3 is 2.28 bits per heavy atom. The van der Waals surface area contributed by atoms with Crippen LogP contribution in [0.25, 0.3) is 0 Å². The van der Waals surface area contributed by atoms with Crippen LogP contribution in [0.5, 0.6) is 0 Å². The Morgan fingerprint density at radius 1 is 0.828 bits per heavy atom. The van der Waals surface area contributed by atoms with Crippen LogP contribution in [0.1, 0.15) is 33.2 Å². The molecule has 0 spiro atoms. The number of carbonyl (C=O) groups is 3. The number of aromatic nitrogens is 1. The summed E-state index contributed by atoms with van der Waals surface area (Å²) in [6.45, 7) is 1.74. The SMILES string of the molecule is CC(=O)Nc1cccc(CNC(=O)c2cccc(NC(=O)c3cccnc3)c2)c1. The van der Waals surface area contributed by atoms with E-state index in [9.17, 15) is 14.4 Å². The van der Waals surface area contributed by atoms with E-state index in [0.29, 0.717) is 29.0 Å². The van der Waals surface area contributed by atoms with Crippen LogP contribution in [0.3, 0.4) is 0 Å². The Morgan fingerprint density at radius 2 is 1.55 bits per heavy atom. The number of anilines is 2. The molecule has 0 aliphatic rings. The van der Waals surface area contributed by atoms with Gasteiger partial charge in [-0.05, 0) is 48.0 Å². The zero-order valence-corrected chi connectivity index (χ0v) is 15.8. The van der Waals surface area contributed by atoms with Gasteiger partial charge in [-0.25, -0.2) is 0 Å². The van der Waals surface area contributed by atoms with Crippen molar-refractivity contribution in [3.8, 4) is 0 Å². The number of nitrogens with zero attached hydrogens (tertiary/aromatic N) is 1. The Kier molecular flexibility index (Phi) is 6.32. The molecule has 0 aliphatic carbocycles. The average molecular weight is 388 g/mol. The number of benzene rings is 2. The van der Waals surface area contributed by atoms with Gasteiger partial charge in [0.05, 0.1) is 5.56 Å². The number of pyridine rings is 1. The molecule has 3 N–H and O–H groups in total. The molecule has 0 unspecified atom stereocenters. The Balaban J connectivity index is 1.62. The maximum absolute atomic E-state index is 12.5. The number of hydrogen-bond acceptors (Lipinski definition) is 4. The highest BCUT2D eigenvalue weighted by Crippen LogP contribution is 2.14. The van der Waals surface area contributed by atoms with Crippen LogP contribution in [-0.4, -0.2) is 22.7 Å². The first-order chi connectivity index (χ1) is 14.0. The summed E-state index contributed by atoms with van der Waals surface area (Å²) < 4.78 is 0. The minimum atomic E-state index is -0.301. The van der Waals surface area contributed by atoms with Crippen molar-refractivity contribution in [2.75, 3.05) is 10.6 Å². The van der Waals surface area contributed by atoms with Gasteiger partial charge in [-0.3, -0.25) is 19.4 Å². The lowest BCUT2D eigenvalue weighted by molar-refractivity contribution is -0.114. The number of rotatable bonds is 6. The van der Waals surface area contributed by atoms with Gasteiger partial charge in [-0.15, -0.1) is 0 Å². The lowest BCUT2D eigenvalue weighted by Crippen LogP contribution is -2.23. The average Bonchev–Trinajstić information content (AvgIpc) is 2.72. The molecule has 146 valence electrons. The van der Waals surface area contributed by atoms with E-state index < -0.39 is 0 Å². The molecular formula is C22H20N4O3. The summed E-state index contributed by atoms with van der Waals surface area (Å²) in [5, 5.41) is 8.29. The van der Waals surface area contributed by atoms with Gasteiger partial charge >= 0.3 is 0 Å². The highest BCUT2D eigenvalue weighted by Gasteiger charge is 2.09. The van der Waals surface area contributed by atoms with Gasteiger partial charge in [0.15, 0.2) is 0 Å². The molecule has 7 heteroatoms. The van der Waals surface area contributed by atoms with Gasteiger partial charge in [0.2, 0.25) is 5.91 Å². The minimum Gasteiger partial charge on any atom is -0.348 e. The summed E-state index contributed by atoms with van der Waals surface area (Å²) in [4.78, 5) is 39.8. The van der Waals surface area contributed by atoms with Crippen LogP contribution in [-0.2, 0) is 11.3 Å². The minimum absolute atomic E-state index is 0.156. The fourth-order valence-electron chi connectivity index (χ4n) is 2.69. The van der Waals surface area contributed by atoms with Crippen molar-refractivity contribution in [1.29, 1.82) is 0 Å². The maximum atomic E-state index is 12.5. The molecule has 0 bridgehead atoms. The van der Waals surface area contributed by atoms with Crippen LogP contribution in [0.2, 0.25) is 0 Å². The fourth-order valence-corrected chi connectivity index (χ4v) is 2.69. The van der Waals surface area contributed by atoms with Crippen molar-refractivity contribution in [3.63, 3.8) is 0 Å². The lowest BCUT2D eigenvalue weighted by atomic mass is 10.1. The van der Waals surface area contributed by atoms with Crippen LogP contribution < -0.4 is 16.0 Å². The monoisotopic (exact) mass is 388 g/mol. The van der Waals surface area contributed by atoms with Gasteiger partial charge in [0, 0.05) is 42.8 Å². The summed E-state index contributed by atoms with van der Waals surface area (Å²) >= 11 is 0. The molecule has 7 nitrogen and oxygen atoms in total. The number of amides is 3. The van der Waals surface area contributed by atoms with Crippen LogP contribution in [0.4, 0.5) is 11.4 Å². The van der Waals surface area contributed by atoms with E-state index in [1.54, 1.807) is 60.8 Å². The molecule has 0 fully saturated rings. The molecule has 0 saturated heterocycles. The van der Waals surface area contributed by atoms with Crippen molar-refractivity contribution in [2.45, 2.75) is 13.5 Å². The molecule has 0 saturated carbocycles. The van der Waals surface area contributed by atoms with E-state index in [-0.39, 0.29) is 17.7 Å². The quantitative estimate of drug-likeness (QED) is 0.604. The molecule has 0 atom stereocenters. The second-order valence-electron chi connectivity index (χ2n) is 6.34. The fraction of sp³-hybridized carbons (Fsp3) is 0.0909. The Labute approximate surface area is 168 Å². The first-order valence-corrected chi connectivity index (χ1v) is 8.97. The highest BCUT2D eigenvalue weighted by molar-refractivity contribution is 6.04. The predicted octanol–water partition coefficient (Wildman–Crippen LogP) is 3.22. The molecule has 29 heavy (non-hydrogen) atoms. The molecule has 3 aromatic rings.